The quantitative estimate of drug-likeness (QED) is 0.771. The zero-order valence-electron chi connectivity index (χ0n) is 9.26. The minimum Gasteiger partial charge on any atom is -0.398 e. The first-order valence-electron chi connectivity index (χ1n) is 5.53. The van der Waals surface area contributed by atoms with Crippen LogP contribution in [0.3, 0.4) is 0 Å². The van der Waals surface area contributed by atoms with E-state index in [1.165, 1.54) is 12.1 Å². The molecule has 0 radical (unpaired) electrons. The van der Waals surface area contributed by atoms with Crippen LogP contribution in [-0.4, -0.2) is 13.2 Å². The van der Waals surface area contributed by atoms with Crippen molar-refractivity contribution >= 4 is 5.69 Å². The van der Waals surface area contributed by atoms with Crippen molar-refractivity contribution in [2.24, 2.45) is 0 Å². The van der Waals surface area contributed by atoms with Gasteiger partial charge in [-0.25, -0.2) is 0 Å². The van der Waals surface area contributed by atoms with Crippen LogP contribution in [0.4, 0.5) is 18.9 Å². The summed E-state index contributed by atoms with van der Waals surface area (Å²) in [6, 6.07) is 4.19. The lowest BCUT2D eigenvalue weighted by Gasteiger charge is -2.23. The number of nitrogen functional groups attached to an aromatic ring is 1. The van der Waals surface area contributed by atoms with Crippen LogP contribution >= 0.6 is 0 Å². The smallest absolute Gasteiger partial charge is 0.398 e. The summed E-state index contributed by atoms with van der Waals surface area (Å²) in [5.41, 5.74) is 5.11. The maximum absolute atomic E-state index is 12.7. The van der Waals surface area contributed by atoms with Crippen molar-refractivity contribution < 1.29 is 17.9 Å². The van der Waals surface area contributed by atoms with E-state index in [0.29, 0.717) is 18.8 Å². The summed E-state index contributed by atoms with van der Waals surface area (Å²) in [5, 5.41) is 0. The topological polar surface area (TPSA) is 35.2 Å². The van der Waals surface area contributed by atoms with E-state index < -0.39 is 11.7 Å². The van der Waals surface area contributed by atoms with Gasteiger partial charge in [-0.3, -0.25) is 0 Å². The van der Waals surface area contributed by atoms with Gasteiger partial charge in [0.1, 0.15) is 0 Å². The van der Waals surface area contributed by atoms with Crippen LogP contribution in [-0.2, 0) is 10.9 Å². The predicted molar refractivity (Wildman–Crippen MR) is 58.7 cm³/mol. The fourth-order valence-electron chi connectivity index (χ4n) is 2.10. The number of benzene rings is 1. The molecule has 0 bridgehead atoms. The molecule has 0 saturated carbocycles. The first-order valence-corrected chi connectivity index (χ1v) is 5.53. The molecule has 1 aromatic carbocycles. The number of halogens is 3. The second-order valence-corrected chi connectivity index (χ2v) is 4.23. The highest BCUT2D eigenvalue weighted by Gasteiger charge is 2.33. The van der Waals surface area contributed by atoms with Gasteiger partial charge in [0.2, 0.25) is 0 Å². The molecule has 1 aliphatic rings. The second-order valence-electron chi connectivity index (χ2n) is 4.23. The number of rotatable bonds is 1. The number of ether oxygens (including phenoxy) is 1. The van der Waals surface area contributed by atoms with Gasteiger partial charge in [0.25, 0.3) is 0 Å². The maximum Gasteiger partial charge on any atom is 0.418 e. The summed E-state index contributed by atoms with van der Waals surface area (Å²) < 4.78 is 43.3. The van der Waals surface area contributed by atoms with Crippen molar-refractivity contribution in [1.82, 2.24) is 0 Å². The molecule has 0 aromatic heterocycles. The standard InChI is InChI=1S/C12H14F3NO/c13-12(14,15)10-7-9(1-2-11(10)16)8-3-5-17-6-4-8/h1-2,7-8H,3-6,16H2. The first-order chi connectivity index (χ1) is 7.98. The number of alkyl halides is 3. The largest absolute Gasteiger partial charge is 0.418 e. The maximum atomic E-state index is 12.7. The third kappa shape index (κ3) is 2.72. The predicted octanol–water partition coefficient (Wildman–Crippen LogP) is 3.18. The van der Waals surface area contributed by atoms with Gasteiger partial charge in [-0.15, -0.1) is 0 Å². The lowest BCUT2D eigenvalue weighted by Crippen LogP contribution is -2.16. The van der Waals surface area contributed by atoms with E-state index in [-0.39, 0.29) is 11.6 Å². The molecular formula is C12H14F3NO. The van der Waals surface area contributed by atoms with Crippen LogP contribution in [0.5, 0.6) is 0 Å². The first kappa shape index (κ1) is 12.2. The lowest BCUT2D eigenvalue weighted by molar-refractivity contribution is -0.137. The average Bonchev–Trinajstić information content (AvgIpc) is 2.29. The average molecular weight is 245 g/mol. The van der Waals surface area contributed by atoms with Gasteiger partial charge >= 0.3 is 6.18 Å². The van der Waals surface area contributed by atoms with Crippen molar-refractivity contribution in [3.63, 3.8) is 0 Å². The monoisotopic (exact) mass is 245 g/mol. The van der Waals surface area contributed by atoms with E-state index in [2.05, 4.69) is 0 Å². The molecule has 2 nitrogen and oxygen atoms in total. The van der Waals surface area contributed by atoms with E-state index in [1.54, 1.807) is 6.07 Å². The summed E-state index contributed by atoms with van der Waals surface area (Å²) in [5.74, 6) is 0.144. The highest BCUT2D eigenvalue weighted by Crippen LogP contribution is 2.37. The van der Waals surface area contributed by atoms with Crippen LogP contribution in [0.15, 0.2) is 18.2 Å². The van der Waals surface area contributed by atoms with Crippen LogP contribution in [0.25, 0.3) is 0 Å². The van der Waals surface area contributed by atoms with Gasteiger partial charge in [-0.05, 0) is 36.5 Å². The van der Waals surface area contributed by atoms with Gasteiger partial charge < -0.3 is 10.5 Å². The summed E-state index contributed by atoms with van der Waals surface area (Å²) in [6.07, 6.45) is -2.85. The SMILES string of the molecule is Nc1ccc(C2CCOCC2)cc1C(F)(F)F. The van der Waals surface area contributed by atoms with Crippen LogP contribution in [0.2, 0.25) is 0 Å². The molecule has 1 aliphatic heterocycles. The fourth-order valence-corrected chi connectivity index (χ4v) is 2.10. The molecule has 0 amide bonds. The Morgan fingerprint density at radius 3 is 2.41 bits per heavy atom. The van der Waals surface area contributed by atoms with Crippen LogP contribution in [0.1, 0.15) is 29.9 Å². The third-order valence-electron chi connectivity index (χ3n) is 3.08. The number of nitrogens with two attached hydrogens (primary N) is 1. The van der Waals surface area contributed by atoms with Gasteiger partial charge in [0, 0.05) is 18.9 Å². The molecule has 0 spiro atoms. The molecule has 1 saturated heterocycles. The zero-order valence-corrected chi connectivity index (χ0v) is 9.26. The van der Waals surface area contributed by atoms with Gasteiger partial charge in [-0.1, -0.05) is 6.07 Å². The van der Waals surface area contributed by atoms with E-state index in [0.717, 1.165) is 12.8 Å². The molecular weight excluding hydrogens is 231 g/mol. The summed E-state index contributed by atoms with van der Waals surface area (Å²) in [7, 11) is 0. The molecule has 17 heavy (non-hydrogen) atoms. The summed E-state index contributed by atoms with van der Waals surface area (Å²) >= 11 is 0. The minimum absolute atomic E-state index is 0.144. The molecule has 0 atom stereocenters. The zero-order chi connectivity index (χ0) is 12.5. The van der Waals surface area contributed by atoms with Crippen molar-refractivity contribution in [3.8, 4) is 0 Å². The van der Waals surface area contributed by atoms with Crippen molar-refractivity contribution in [1.29, 1.82) is 0 Å². The molecule has 1 heterocycles. The van der Waals surface area contributed by atoms with E-state index in [1.807, 2.05) is 0 Å². The normalized spacial score (nSPS) is 18.3. The Morgan fingerprint density at radius 1 is 1.18 bits per heavy atom. The highest BCUT2D eigenvalue weighted by atomic mass is 19.4. The summed E-state index contributed by atoms with van der Waals surface area (Å²) in [4.78, 5) is 0. The Kier molecular flexibility index (Phi) is 3.28. The Bertz CT molecular complexity index is 397. The molecule has 1 fully saturated rings. The second kappa shape index (κ2) is 4.56. The van der Waals surface area contributed by atoms with Gasteiger partial charge in [-0.2, -0.15) is 13.2 Å². The van der Waals surface area contributed by atoms with E-state index in [4.69, 9.17) is 10.5 Å². The number of hydrogen-bond donors (Lipinski definition) is 1. The Morgan fingerprint density at radius 2 is 1.82 bits per heavy atom. The van der Waals surface area contributed by atoms with Crippen molar-refractivity contribution in [2.45, 2.75) is 24.9 Å². The van der Waals surface area contributed by atoms with Crippen LogP contribution in [0, 0.1) is 0 Å². The Hall–Kier alpha value is -1.23. The molecule has 0 unspecified atom stereocenters. The molecule has 5 heteroatoms. The van der Waals surface area contributed by atoms with Crippen molar-refractivity contribution in [3.05, 3.63) is 29.3 Å². The van der Waals surface area contributed by atoms with Crippen molar-refractivity contribution in [2.75, 3.05) is 18.9 Å². The number of anilines is 1. The van der Waals surface area contributed by atoms with Gasteiger partial charge in [0.05, 0.1) is 5.56 Å². The molecule has 1 aromatic rings. The third-order valence-corrected chi connectivity index (χ3v) is 3.08. The van der Waals surface area contributed by atoms with E-state index in [9.17, 15) is 13.2 Å². The number of hydrogen-bond acceptors (Lipinski definition) is 2. The molecule has 2 rings (SSSR count). The molecule has 2 N–H and O–H groups in total. The minimum atomic E-state index is -4.38. The van der Waals surface area contributed by atoms with Gasteiger partial charge in [0.15, 0.2) is 0 Å². The molecule has 94 valence electrons. The van der Waals surface area contributed by atoms with E-state index >= 15 is 0 Å². The Balaban J connectivity index is 2.30. The fraction of sp³-hybridized carbons (Fsp3) is 0.500. The van der Waals surface area contributed by atoms with Crippen LogP contribution < -0.4 is 5.73 Å². The summed E-state index contributed by atoms with van der Waals surface area (Å²) in [6.45, 7) is 1.22. The highest BCUT2D eigenvalue weighted by molar-refractivity contribution is 5.50. The Labute approximate surface area is 97.6 Å². The lowest BCUT2D eigenvalue weighted by atomic mass is 9.90. The molecule has 0 aliphatic carbocycles.